The van der Waals surface area contributed by atoms with E-state index in [4.69, 9.17) is 9.97 Å². The Labute approximate surface area is 221 Å². The highest BCUT2D eigenvalue weighted by molar-refractivity contribution is 8.77. The number of rotatable bonds is 7. The second kappa shape index (κ2) is 10.4. The van der Waals surface area contributed by atoms with Gasteiger partial charge in [0, 0.05) is 9.79 Å². The third-order valence-corrected chi connectivity index (χ3v) is 12.5. The Kier molecular flexibility index (Phi) is 6.86. The molecule has 8 heteroatoms. The lowest BCUT2D eigenvalue weighted by molar-refractivity contribution is 1.31. The Bertz CT molecular complexity index is 1370. The van der Waals surface area contributed by atoms with E-state index in [1.807, 2.05) is 12.1 Å². The van der Waals surface area contributed by atoms with Crippen LogP contribution in [0.25, 0.3) is 31.6 Å². The summed E-state index contributed by atoms with van der Waals surface area (Å²) in [4.78, 5) is 11.9. The van der Waals surface area contributed by atoms with Crippen LogP contribution >= 0.6 is 65.8 Å². The predicted octanol–water partition coefficient (Wildman–Crippen LogP) is 10.2. The fourth-order valence-electron chi connectivity index (χ4n) is 3.35. The van der Waals surface area contributed by atoms with E-state index in [1.165, 1.54) is 30.3 Å². The Morgan fingerprint density at radius 1 is 0.441 bits per heavy atom. The van der Waals surface area contributed by atoms with Crippen molar-refractivity contribution in [3.8, 4) is 11.1 Å². The monoisotopic (exact) mass is 548 g/mol. The predicted molar refractivity (Wildman–Crippen MR) is 155 cm³/mol. The van der Waals surface area contributed by atoms with E-state index in [9.17, 15) is 0 Å². The van der Waals surface area contributed by atoms with Crippen molar-refractivity contribution in [3.05, 3.63) is 97.1 Å². The molecule has 166 valence electrons. The van der Waals surface area contributed by atoms with Crippen LogP contribution in [0.5, 0.6) is 0 Å². The third kappa shape index (κ3) is 5.17. The molecule has 0 saturated heterocycles. The zero-order valence-electron chi connectivity index (χ0n) is 17.6. The van der Waals surface area contributed by atoms with Gasteiger partial charge in [-0.15, -0.1) is 22.7 Å². The van der Waals surface area contributed by atoms with Crippen molar-refractivity contribution in [2.45, 2.75) is 18.5 Å². The van der Waals surface area contributed by atoms with Crippen LogP contribution in [-0.2, 0) is 0 Å². The van der Waals surface area contributed by atoms with Gasteiger partial charge in [-0.05, 0) is 81.2 Å². The molecule has 34 heavy (non-hydrogen) atoms. The molecule has 0 fully saturated rings. The zero-order valence-corrected chi connectivity index (χ0v) is 22.5. The standard InChI is InChI=1S/C26H16N2S6/c1-3-7-23-21(5-1)27-25(29-23)33-31-19-13-9-17(10-14-19)18-11-15-20(16-12-18)32-34-26-28-22-6-2-4-8-24(22)30-26/h1-16H. The highest BCUT2D eigenvalue weighted by atomic mass is 33.1. The smallest absolute Gasteiger partial charge is 0.162 e. The van der Waals surface area contributed by atoms with E-state index in [2.05, 4.69) is 84.9 Å². The fraction of sp³-hybridized carbons (Fsp3) is 0. The Balaban J connectivity index is 1.07. The number of para-hydroxylation sites is 2. The van der Waals surface area contributed by atoms with Crippen molar-refractivity contribution < 1.29 is 0 Å². The summed E-state index contributed by atoms with van der Waals surface area (Å²) < 4.78 is 4.65. The van der Waals surface area contributed by atoms with Crippen molar-refractivity contribution in [1.29, 1.82) is 0 Å². The van der Waals surface area contributed by atoms with Crippen LogP contribution in [0.1, 0.15) is 0 Å². The fourth-order valence-corrected chi connectivity index (χ4v) is 9.77. The van der Waals surface area contributed by atoms with Gasteiger partial charge in [-0.3, -0.25) is 0 Å². The maximum atomic E-state index is 4.70. The second-order valence-corrected chi connectivity index (χ2v) is 14.2. The molecule has 6 aromatic rings. The number of fused-ring (bicyclic) bond motifs is 2. The highest BCUT2D eigenvalue weighted by Crippen LogP contribution is 2.42. The number of benzene rings is 4. The summed E-state index contributed by atoms with van der Waals surface area (Å²) in [7, 11) is 6.95. The van der Waals surface area contributed by atoms with Gasteiger partial charge in [-0.2, -0.15) is 0 Å². The summed E-state index contributed by atoms with van der Waals surface area (Å²) >= 11 is 3.49. The largest absolute Gasteiger partial charge is 0.229 e. The summed E-state index contributed by atoms with van der Waals surface area (Å²) in [6.45, 7) is 0. The summed E-state index contributed by atoms with van der Waals surface area (Å²) in [5, 5.41) is 0. The molecule has 6 rings (SSSR count). The van der Waals surface area contributed by atoms with E-state index >= 15 is 0 Å². The third-order valence-electron chi connectivity index (χ3n) is 5.01. The molecule has 0 atom stereocenters. The minimum atomic E-state index is 1.08. The maximum Gasteiger partial charge on any atom is 0.162 e. The van der Waals surface area contributed by atoms with Crippen molar-refractivity contribution in [3.63, 3.8) is 0 Å². The first-order valence-corrected chi connectivity index (χ1v) is 16.3. The molecule has 0 aliphatic heterocycles. The molecule has 0 radical (unpaired) electrons. The molecule has 0 unspecified atom stereocenters. The van der Waals surface area contributed by atoms with Gasteiger partial charge in [0.1, 0.15) is 0 Å². The molecule has 4 aromatic carbocycles. The number of nitrogens with zero attached hydrogens (tertiary/aromatic N) is 2. The van der Waals surface area contributed by atoms with E-state index in [0.717, 1.165) is 19.7 Å². The Hall–Kier alpha value is -1.94. The van der Waals surface area contributed by atoms with Gasteiger partial charge in [0.05, 0.1) is 20.4 Å². The topological polar surface area (TPSA) is 25.8 Å². The molecule has 2 heterocycles. The van der Waals surface area contributed by atoms with Crippen LogP contribution in [0.4, 0.5) is 0 Å². The van der Waals surface area contributed by atoms with Crippen LogP contribution in [0.2, 0.25) is 0 Å². The van der Waals surface area contributed by atoms with E-state index in [-0.39, 0.29) is 0 Å². The van der Waals surface area contributed by atoms with Gasteiger partial charge in [0.15, 0.2) is 8.68 Å². The molecule has 0 aliphatic rings. The average molecular weight is 549 g/mol. The minimum absolute atomic E-state index is 1.08. The van der Waals surface area contributed by atoms with Crippen LogP contribution in [-0.4, -0.2) is 9.97 Å². The van der Waals surface area contributed by atoms with Gasteiger partial charge in [0.2, 0.25) is 0 Å². The van der Waals surface area contributed by atoms with Gasteiger partial charge < -0.3 is 0 Å². The summed E-state index contributed by atoms with van der Waals surface area (Å²) in [6, 6.07) is 34.1. The number of hydrogen-bond donors (Lipinski definition) is 0. The van der Waals surface area contributed by atoms with Crippen molar-refractivity contribution in [2.24, 2.45) is 0 Å². The van der Waals surface area contributed by atoms with Gasteiger partial charge in [-0.1, -0.05) is 70.1 Å². The zero-order chi connectivity index (χ0) is 22.7. The second-order valence-electron chi connectivity index (χ2n) is 7.28. The summed E-state index contributed by atoms with van der Waals surface area (Å²) in [6.07, 6.45) is 0. The first kappa shape index (κ1) is 22.5. The first-order valence-electron chi connectivity index (χ1n) is 10.4. The lowest BCUT2D eigenvalue weighted by atomic mass is 10.1. The molecule has 0 amide bonds. The number of aromatic nitrogens is 2. The SMILES string of the molecule is c1ccc2sc(SSc3ccc(-c4ccc(SSc5nc6ccccc6s5)cc4)cc3)nc2c1. The van der Waals surface area contributed by atoms with Crippen LogP contribution in [0.15, 0.2) is 116 Å². The van der Waals surface area contributed by atoms with E-state index < -0.39 is 0 Å². The summed E-state index contributed by atoms with van der Waals surface area (Å²) in [5.74, 6) is 0. The molecule has 0 N–H and O–H groups in total. The molecule has 0 aliphatic carbocycles. The molecular weight excluding hydrogens is 533 g/mol. The maximum absolute atomic E-state index is 4.70. The minimum Gasteiger partial charge on any atom is -0.229 e. The normalized spacial score (nSPS) is 11.4. The van der Waals surface area contributed by atoms with Gasteiger partial charge in [0.25, 0.3) is 0 Å². The van der Waals surface area contributed by atoms with Gasteiger partial charge in [-0.25, -0.2) is 9.97 Å². The quantitative estimate of drug-likeness (QED) is 0.184. The molecule has 0 saturated carbocycles. The molecular formula is C26H16N2S6. The van der Waals surface area contributed by atoms with E-state index in [1.54, 1.807) is 65.8 Å². The lowest BCUT2D eigenvalue weighted by Gasteiger charge is -2.05. The Morgan fingerprint density at radius 2 is 0.853 bits per heavy atom. The molecule has 2 nitrogen and oxygen atoms in total. The Morgan fingerprint density at radius 3 is 1.26 bits per heavy atom. The van der Waals surface area contributed by atoms with Crippen molar-refractivity contribution >= 4 is 86.3 Å². The van der Waals surface area contributed by atoms with Crippen LogP contribution in [0.3, 0.4) is 0 Å². The highest BCUT2D eigenvalue weighted by Gasteiger charge is 2.07. The van der Waals surface area contributed by atoms with Crippen LogP contribution in [0, 0.1) is 0 Å². The van der Waals surface area contributed by atoms with E-state index in [0.29, 0.717) is 0 Å². The average Bonchev–Trinajstić information content (AvgIpc) is 3.50. The summed E-state index contributed by atoms with van der Waals surface area (Å²) in [5.41, 5.74) is 4.60. The first-order chi connectivity index (χ1) is 16.8. The molecule has 0 bridgehead atoms. The number of thiazole rings is 2. The number of hydrogen-bond acceptors (Lipinski definition) is 8. The lowest BCUT2D eigenvalue weighted by Crippen LogP contribution is -1.78. The molecule has 2 aromatic heterocycles. The van der Waals surface area contributed by atoms with Gasteiger partial charge >= 0.3 is 0 Å². The van der Waals surface area contributed by atoms with Crippen molar-refractivity contribution in [1.82, 2.24) is 9.97 Å². The molecule has 0 spiro atoms. The van der Waals surface area contributed by atoms with Crippen LogP contribution < -0.4 is 0 Å². The van der Waals surface area contributed by atoms with Crippen molar-refractivity contribution in [2.75, 3.05) is 0 Å².